The molecule has 0 rings (SSSR count). The number of likely N-dealkylation sites (N-methyl/N-ethyl adjacent to an activating group) is 1. The Balaban J connectivity index is 4.05. The lowest BCUT2D eigenvalue weighted by atomic mass is 10.2. The second-order valence-corrected chi connectivity index (χ2v) is 2.37. The van der Waals surface area contributed by atoms with Crippen molar-refractivity contribution < 1.29 is 14.7 Å². The summed E-state index contributed by atoms with van der Waals surface area (Å²) in [6.07, 6.45) is -0.295. The first kappa shape index (κ1) is 9.68. The van der Waals surface area contributed by atoms with Gasteiger partial charge in [-0.3, -0.25) is 9.59 Å². The van der Waals surface area contributed by atoms with Crippen LogP contribution in [0.5, 0.6) is 0 Å². The molecule has 0 heterocycles. The molecule has 0 spiro atoms. The second kappa shape index (κ2) is 3.75. The van der Waals surface area contributed by atoms with Crippen molar-refractivity contribution in [3.8, 4) is 0 Å². The molecule has 0 aliphatic rings. The summed E-state index contributed by atoms with van der Waals surface area (Å²) in [6.45, 7) is 3.34. The van der Waals surface area contributed by atoms with E-state index in [2.05, 4.69) is 6.58 Å². The number of nitrogens with zero attached hydrogens (tertiary/aromatic N) is 1. The topological polar surface area (TPSA) is 57.6 Å². The molecule has 4 nitrogen and oxygen atoms in total. The lowest BCUT2D eigenvalue weighted by molar-refractivity contribution is -0.137. The Morgan fingerprint density at radius 1 is 1.45 bits per heavy atom. The van der Waals surface area contributed by atoms with Crippen molar-refractivity contribution in [1.82, 2.24) is 4.90 Å². The Kier molecular flexibility index (Phi) is 3.30. The summed E-state index contributed by atoms with van der Waals surface area (Å²) in [7, 11) is 3.10. The summed E-state index contributed by atoms with van der Waals surface area (Å²) in [5, 5.41) is 8.28. The summed E-state index contributed by atoms with van der Waals surface area (Å²) >= 11 is 0. The average molecular weight is 157 g/mol. The van der Waals surface area contributed by atoms with Gasteiger partial charge < -0.3 is 10.0 Å². The molecule has 0 aromatic rings. The van der Waals surface area contributed by atoms with Gasteiger partial charge in [-0.25, -0.2) is 0 Å². The third kappa shape index (κ3) is 3.40. The third-order valence-electron chi connectivity index (χ3n) is 1.07. The van der Waals surface area contributed by atoms with Crippen LogP contribution in [-0.4, -0.2) is 36.0 Å². The van der Waals surface area contributed by atoms with E-state index < -0.39 is 5.97 Å². The van der Waals surface area contributed by atoms with Gasteiger partial charge in [-0.1, -0.05) is 6.58 Å². The number of carbonyl (C=O) groups excluding carboxylic acids is 1. The van der Waals surface area contributed by atoms with Gasteiger partial charge in [0.25, 0.3) is 0 Å². The Hall–Kier alpha value is -1.32. The van der Waals surface area contributed by atoms with E-state index in [1.54, 1.807) is 14.1 Å². The zero-order valence-corrected chi connectivity index (χ0v) is 6.63. The van der Waals surface area contributed by atoms with Gasteiger partial charge >= 0.3 is 5.97 Å². The van der Waals surface area contributed by atoms with Crippen LogP contribution in [0.1, 0.15) is 6.42 Å². The standard InChI is InChI=1S/C7H11NO3/c1-5(4-6(9)10)7(11)8(2)3/h1,4H2,2-3H3,(H,9,10). The number of hydrogen-bond acceptors (Lipinski definition) is 2. The molecule has 1 N–H and O–H groups in total. The van der Waals surface area contributed by atoms with Crippen LogP contribution in [0.4, 0.5) is 0 Å². The van der Waals surface area contributed by atoms with Gasteiger partial charge in [-0.2, -0.15) is 0 Å². The Labute approximate surface area is 65.1 Å². The van der Waals surface area contributed by atoms with Crippen molar-refractivity contribution in [2.75, 3.05) is 14.1 Å². The van der Waals surface area contributed by atoms with E-state index in [-0.39, 0.29) is 17.9 Å². The smallest absolute Gasteiger partial charge is 0.308 e. The van der Waals surface area contributed by atoms with Crippen LogP contribution in [0, 0.1) is 0 Å². The van der Waals surface area contributed by atoms with Crippen molar-refractivity contribution >= 4 is 11.9 Å². The predicted molar refractivity (Wildman–Crippen MR) is 40.1 cm³/mol. The molecule has 0 atom stereocenters. The van der Waals surface area contributed by atoms with Crippen LogP contribution in [0.15, 0.2) is 12.2 Å². The monoisotopic (exact) mass is 157 g/mol. The first-order valence-electron chi connectivity index (χ1n) is 3.06. The summed E-state index contributed by atoms with van der Waals surface area (Å²) < 4.78 is 0. The van der Waals surface area contributed by atoms with Crippen molar-refractivity contribution in [3.05, 3.63) is 12.2 Å². The van der Waals surface area contributed by atoms with E-state index in [4.69, 9.17) is 5.11 Å². The van der Waals surface area contributed by atoms with Gasteiger partial charge in [0, 0.05) is 19.7 Å². The molecule has 0 radical (unpaired) electrons. The first-order valence-corrected chi connectivity index (χ1v) is 3.06. The van der Waals surface area contributed by atoms with Gasteiger partial charge in [0.05, 0.1) is 6.42 Å². The highest BCUT2D eigenvalue weighted by molar-refractivity contribution is 5.96. The lowest BCUT2D eigenvalue weighted by Crippen LogP contribution is -2.24. The average Bonchev–Trinajstić information content (AvgIpc) is 1.84. The number of carbonyl (C=O) groups is 2. The van der Waals surface area contributed by atoms with Crippen LogP contribution in [-0.2, 0) is 9.59 Å². The number of aliphatic carboxylic acids is 1. The molecular formula is C7H11NO3. The maximum Gasteiger partial charge on any atom is 0.308 e. The summed E-state index contributed by atoms with van der Waals surface area (Å²) in [6, 6.07) is 0. The highest BCUT2D eigenvalue weighted by atomic mass is 16.4. The van der Waals surface area contributed by atoms with Crippen LogP contribution in [0.2, 0.25) is 0 Å². The van der Waals surface area contributed by atoms with Crippen LogP contribution in [0.3, 0.4) is 0 Å². The molecule has 0 bridgehead atoms. The van der Waals surface area contributed by atoms with Gasteiger partial charge in [0.15, 0.2) is 0 Å². The molecule has 11 heavy (non-hydrogen) atoms. The largest absolute Gasteiger partial charge is 0.481 e. The second-order valence-electron chi connectivity index (χ2n) is 2.37. The fourth-order valence-electron chi connectivity index (χ4n) is 0.574. The van der Waals surface area contributed by atoms with Crippen LogP contribution < -0.4 is 0 Å². The minimum Gasteiger partial charge on any atom is -0.481 e. The molecule has 0 aromatic carbocycles. The summed E-state index contributed by atoms with van der Waals surface area (Å²) in [5.74, 6) is -1.38. The molecule has 0 saturated carbocycles. The van der Waals surface area contributed by atoms with Crippen molar-refractivity contribution in [3.63, 3.8) is 0 Å². The maximum absolute atomic E-state index is 10.9. The maximum atomic E-state index is 10.9. The number of hydrogen-bond donors (Lipinski definition) is 1. The van der Waals surface area contributed by atoms with Crippen molar-refractivity contribution in [2.24, 2.45) is 0 Å². The van der Waals surface area contributed by atoms with Crippen LogP contribution in [0.25, 0.3) is 0 Å². The molecule has 0 saturated heterocycles. The number of amides is 1. The molecule has 0 fully saturated rings. The highest BCUT2D eigenvalue weighted by Crippen LogP contribution is 2.00. The number of carboxylic acid groups (broad SMARTS) is 1. The first-order chi connectivity index (χ1) is 4.95. The van der Waals surface area contributed by atoms with Crippen molar-refractivity contribution in [2.45, 2.75) is 6.42 Å². The highest BCUT2D eigenvalue weighted by Gasteiger charge is 2.11. The quantitative estimate of drug-likeness (QED) is 0.591. The van der Waals surface area contributed by atoms with E-state index in [0.717, 1.165) is 0 Å². The van der Waals surface area contributed by atoms with Crippen LogP contribution >= 0.6 is 0 Å². The molecule has 4 heteroatoms. The SMILES string of the molecule is C=C(CC(=O)O)C(=O)N(C)C. The predicted octanol–water partition coefficient (Wildman–Crippen LogP) is 0.105. The Morgan fingerprint density at radius 2 is 1.91 bits per heavy atom. The molecule has 0 aliphatic heterocycles. The van der Waals surface area contributed by atoms with E-state index in [1.807, 2.05) is 0 Å². The zero-order valence-electron chi connectivity index (χ0n) is 6.63. The van der Waals surface area contributed by atoms with E-state index >= 15 is 0 Å². The fraction of sp³-hybridized carbons (Fsp3) is 0.429. The Morgan fingerprint density at radius 3 is 2.18 bits per heavy atom. The molecule has 0 aromatic heterocycles. The molecule has 62 valence electrons. The van der Waals surface area contributed by atoms with Gasteiger partial charge in [-0.15, -0.1) is 0 Å². The molecule has 0 unspecified atom stereocenters. The van der Waals surface area contributed by atoms with E-state index in [1.165, 1.54) is 4.90 Å². The Bertz CT molecular complexity index is 196. The van der Waals surface area contributed by atoms with E-state index in [0.29, 0.717) is 0 Å². The minimum atomic E-state index is -1.04. The normalized spacial score (nSPS) is 8.91. The van der Waals surface area contributed by atoms with Gasteiger partial charge in [0.2, 0.25) is 5.91 Å². The molecule has 1 amide bonds. The summed E-state index contributed by atoms with van der Waals surface area (Å²) in [5.41, 5.74) is 0.0995. The van der Waals surface area contributed by atoms with E-state index in [9.17, 15) is 9.59 Å². The molecule has 0 aliphatic carbocycles. The minimum absolute atomic E-state index is 0.0995. The lowest BCUT2D eigenvalue weighted by Gasteiger charge is -2.10. The number of rotatable bonds is 3. The van der Waals surface area contributed by atoms with Gasteiger partial charge in [-0.05, 0) is 0 Å². The third-order valence-corrected chi connectivity index (χ3v) is 1.07. The van der Waals surface area contributed by atoms with Gasteiger partial charge in [0.1, 0.15) is 0 Å². The number of carboxylic acids is 1. The zero-order chi connectivity index (χ0) is 9.02. The fourth-order valence-corrected chi connectivity index (χ4v) is 0.574. The van der Waals surface area contributed by atoms with Crippen molar-refractivity contribution in [1.29, 1.82) is 0 Å². The summed E-state index contributed by atoms with van der Waals surface area (Å²) in [4.78, 5) is 22.3. The molecular weight excluding hydrogens is 146 g/mol.